The van der Waals surface area contributed by atoms with Crippen LogP contribution in [0.3, 0.4) is 0 Å². The fourth-order valence-corrected chi connectivity index (χ4v) is 3.50. The molecule has 0 saturated heterocycles. The zero-order valence-electron chi connectivity index (χ0n) is 17.2. The van der Waals surface area contributed by atoms with Crippen molar-refractivity contribution in [1.29, 1.82) is 0 Å². The number of anilines is 2. The van der Waals surface area contributed by atoms with E-state index in [4.69, 9.17) is 5.73 Å². The second-order valence-electron chi connectivity index (χ2n) is 7.37. The molecular formula is C22H19F3N6O. The molecule has 3 heterocycles. The van der Waals surface area contributed by atoms with Crippen LogP contribution in [0.5, 0.6) is 0 Å². The van der Waals surface area contributed by atoms with E-state index >= 15 is 0 Å². The third kappa shape index (κ3) is 3.98. The summed E-state index contributed by atoms with van der Waals surface area (Å²) in [4.78, 5) is 25.3. The Morgan fingerprint density at radius 2 is 1.81 bits per heavy atom. The van der Waals surface area contributed by atoms with Gasteiger partial charge in [-0.15, -0.1) is 0 Å². The van der Waals surface area contributed by atoms with Gasteiger partial charge in [-0.05, 0) is 54.4 Å². The van der Waals surface area contributed by atoms with Gasteiger partial charge in [-0.3, -0.25) is 14.3 Å². The monoisotopic (exact) mass is 440 g/mol. The van der Waals surface area contributed by atoms with Crippen molar-refractivity contribution in [3.05, 3.63) is 76.6 Å². The van der Waals surface area contributed by atoms with E-state index in [2.05, 4.69) is 20.3 Å². The van der Waals surface area contributed by atoms with E-state index in [9.17, 15) is 18.0 Å². The second kappa shape index (κ2) is 7.95. The molecule has 0 unspecified atom stereocenters. The molecule has 1 atom stereocenters. The van der Waals surface area contributed by atoms with Gasteiger partial charge in [0.2, 0.25) is 0 Å². The van der Waals surface area contributed by atoms with E-state index in [1.807, 2.05) is 0 Å². The van der Waals surface area contributed by atoms with Gasteiger partial charge in [0.25, 0.3) is 5.56 Å². The van der Waals surface area contributed by atoms with Gasteiger partial charge in [0.05, 0.1) is 17.0 Å². The van der Waals surface area contributed by atoms with Crippen LogP contribution in [0.2, 0.25) is 0 Å². The third-order valence-electron chi connectivity index (χ3n) is 5.15. The van der Waals surface area contributed by atoms with Gasteiger partial charge in [-0.1, -0.05) is 0 Å². The van der Waals surface area contributed by atoms with Crippen LogP contribution in [-0.2, 0) is 13.2 Å². The summed E-state index contributed by atoms with van der Waals surface area (Å²) in [5.74, 6) is 0.379. The fraction of sp³-hybridized carbons (Fsp3) is 0.182. The smallest absolute Gasteiger partial charge is 0.399 e. The van der Waals surface area contributed by atoms with Crippen molar-refractivity contribution >= 4 is 22.5 Å². The van der Waals surface area contributed by atoms with Crippen LogP contribution in [0.4, 0.5) is 24.7 Å². The Bertz CT molecular complexity index is 1350. The van der Waals surface area contributed by atoms with Gasteiger partial charge in [-0.25, -0.2) is 9.97 Å². The van der Waals surface area contributed by atoms with E-state index in [0.29, 0.717) is 33.5 Å². The Hall–Kier alpha value is -3.95. The molecule has 0 bridgehead atoms. The van der Waals surface area contributed by atoms with Gasteiger partial charge >= 0.3 is 6.18 Å². The lowest BCUT2D eigenvalue weighted by Gasteiger charge is -2.19. The number of halogens is 3. The highest BCUT2D eigenvalue weighted by Crippen LogP contribution is 2.34. The summed E-state index contributed by atoms with van der Waals surface area (Å²) in [5, 5.41) is 3.68. The fourth-order valence-electron chi connectivity index (χ4n) is 3.50. The molecule has 0 aliphatic rings. The number of hydrogen-bond donors (Lipinski definition) is 2. The molecule has 10 heteroatoms. The summed E-state index contributed by atoms with van der Waals surface area (Å²) in [6.45, 7) is 1.70. The Labute approximate surface area is 180 Å². The molecule has 4 rings (SSSR count). The Morgan fingerprint density at radius 3 is 2.50 bits per heavy atom. The van der Waals surface area contributed by atoms with Gasteiger partial charge in [0.15, 0.2) is 0 Å². The number of nitrogens with zero attached hydrogens (tertiary/aromatic N) is 4. The Kier molecular flexibility index (Phi) is 5.29. The lowest BCUT2D eigenvalue weighted by Crippen LogP contribution is -2.20. The SMILES string of the molecule is C[C@@H](Nc1ncnc2c1cc(-c1ccncc1)c(=O)n2C)c1cc(N)cc(C(F)(F)F)c1. The summed E-state index contributed by atoms with van der Waals surface area (Å²) >= 11 is 0. The molecule has 164 valence electrons. The molecule has 4 aromatic rings. The lowest BCUT2D eigenvalue weighted by molar-refractivity contribution is -0.137. The molecule has 7 nitrogen and oxygen atoms in total. The number of pyridine rings is 2. The molecule has 0 amide bonds. The number of benzene rings is 1. The van der Waals surface area contributed by atoms with Crippen molar-refractivity contribution in [1.82, 2.24) is 19.5 Å². The van der Waals surface area contributed by atoms with Crippen molar-refractivity contribution in [2.45, 2.75) is 19.1 Å². The summed E-state index contributed by atoms with van der Waals surface area (Å²) in [7, 11) is 1.60. The largest absolute Gasteiger partial charge is 0.416 e. The molecule has 1 aromatic carbocycles. The topological polar surface area (TPSA) is 98.7 Å². The summed E-state index contributed by atoms with van der Waals surface area (Å²) in [6.07, 6.45) is -0.0495. The minimum Gasteiger partial charge on any atom is -0.399 e. The maximum atomic E-state index is 13.2. The number of nitrogens with two attached hydrogens (primary N) is 1. The lowest BCUT2D eigenvalue weighted by atomic mass is 10.0. The first-order valence-electron chi connectivity index (χ1n) is 9.64. The summed E-state index contributed by atoms with van der Waals surface area (Å²) in [6, 6.07) is 7.97. The van der Waals surface area contributed by atoms with E-state index in [1.54, 1.807) is 44.6 Å². The quantitative estimate of drug-likeness (QED) is 0.463. The van der Waals surface area contributed by atoms with Crippen LogP contribution in [0.1, 0.15) is 24.1 Å². The Morgan fingerprint density at radius 1 is 1.09 bits per heavy atom. The average molecular weight is 440 g/mol. The summed E-state index contributed by atoms with van der Waals surface area (Å²) < 4.78 is 41.0. The van der Waals surface area contributed by atoms with Crippen LogP contribution in [0, 0.1) is 0 Å². The molecule has 3 aromatic heterocycles. The summed E-state index contributed by atoms with van der Waals surface area (Å²) in [5.41, 5.74) is 6.49. The highest BCUT2D eigenvalue weighted by Gasteiger charge is 2.31. The van der Waals surface area contributed by atoms with Crippen LogP contribution in [0.25, 0.3) is 22.2 Å². The van der Waals surface area contributed by atoms with Gasteiger partial charge < -0.3 is 11.1 Å². The molecule has 0 fully saturated rings. The van der Waals surface area contributed by atoms with Crippen LogP contribution < -0.4 is 16.6 Å². The van der Waals surface area contributed by atoms with Crippen LogP contribution >= 0.6 is 0 Å². The van der Waals surface area contributed by atoms with Crippen LogP contribution in [0.15, 0.2) is 59.9 Å². The van der Waals surface area contributed by atoms with Crippen molar-refractivity contribution in [3.63, 3.8) is 0 Å². The second-order valence-corrected chi connectivity index (χ2v) is 7.37. The van der Waals surface area contributed by atoms with E-state index in [1.165, 1.54) is 17.0 Å². The molecule has 3 N–H and O–H groups in total. The predicted molar refractivity (Wildman–Crippen MR) is 116 cm³/mol. The first kappa shape index (κ1) is 21.3. The molecule has 0 saturated carbocycles. The molecule has 0 aliphatic carbocycles. The van der Waals surface area contributed by atoms with Crippen molar-refractivity contribution < 1.29 is 13.2 Å². The predicted octanol–water partition coefficient (Wildman–Crippen LogP) is 4.16. The number of aryl methyl sites for hydroxylation is 1. The average Bonchev–Trinajstić information content (AvgIpc) is 2.76. The van der Waals surface area contributed by atoms with E-state index in [0.717, 1.165) is 12.1 Å². The molecular weight excluding hydrogens is 421 g/mol. The minimum atomic E-state index is -4.51. The van der Waals surface area contributed by atoms with Gasteiger partial charge in [0.1, 0.15) is 17.8 Å². The number of nitrogen functional groups attached to an aromatic ring is 1. The molecule has 0 aliphatic heterocycles. The normalized spacial score (nSPS) is 12.7. The number of hydrogen-bond acceptors (Lipinski definition) is 6. The van der Waals surface area contributed by atoms with E-state index in [-0.39, 0.29) is 11.2 Å². The molecule has 0 spiro atoms. The first-order chi connectivity index (χ1) is 15.1. The van der Waals surface area contributed by atoms with Gasteiger partial charge in [-0.2, -0.15) is 13.2 Å². The zero-order chi connectivity index (χ0) is 23.0. The maximum Gasteiger partial charge on any atom is 0.416 e. The maximum absolute atomic E-state index is 13.2. The number of aromatic nitrogens is 4. The third-order valence-corrected chi connectivity index (χ3v) is 5.15. The highest BCUT2D eigenvalue weighted by molar-refractivity contribution is 5.90. The minimum absolute atomic E-state index is 0.0124. The Balaban J connectivity index is 1.80. The number of rotatable bonds is 4. The highest BCUT2D eigenvalue weighted by atomic mass is 19.4. The standard InChI is InChI=1S/C22H19F3N6O/c1-12(14-7-15(22(23,24)25)9-16(26)8-14)30-19-18-10-17(13-3-5-27-6-4-13)21(32)31(2)20(18)29-11-28-19/h3-12H,26H2,1-2H3,(H,28,29,30)/t12-/m1/s1. The van der Waals surface area contributed by atoms with Crippen molar-refractivity contribution in [3.8, 4) is 11.1 Å². The first-order valence-corrected chi connectivity index (χ1v) is 9.64. The zero-order valence-corrected chi connectivity index (χ0v) is 17.2. The van der Waals surface area contributed by atoms with Gasteiger partial charge in [0, 0.05) is 30.7 Å². The molecule has 0 radical (unpaired) electrons. The van der Waals surface area contributed by atoms with Crippen molar-refractivity contribution in [2.24, 2.45) is 7.05 Å². The van der Waals surface area contributed by atoms with Crippen LogP contribution in [-0.4, -0.2) is 19.5 Å². The number of fused-ring (bicyclic) bond motifs is 1. The number of nitrogens with one attached hydrogen (secondary N) is 1. The molecule has 32 heavy (non-hydrogen) atoms. The van der Waals surface area contributed by atoms with E-state index < -0.39 is 17.8 Å². The number of alkyl halides is 3. The van der Waals surface area contributed by atoms with Crippen molar-refractivity contribution in [2.75, 3.05) is 11.1 Å².